The minimum Gasteiger partial charge on any atom is -0.493 e. The van der Waals surface area contributed by atoms with E-state index in [1.165, 1.54) is 0 Å². The van der Waals surface area contributed by atoms with E-state index in [-0.39, 0.29) is 11.6 Å². The predicted octanol–water partition coefficient (Wildman–Crippen LogP) is 5.27. The van der Waals surface area contributed by atoms with Crippen LogP contribution in [0.3, 0.4) is 0 Å². The van der Waals surface area contributed by atoms with Gasteiger partial charge in [0.05, 0.1) is 17.7 Å². The summed E-state index contributed by atoms with van der Waals surface area (Å²) in [5.74, 6) is 0.695. The molecule has 0 saturated heterocycles. The molecule has 0 aromatic heterocycles. The Hall–Kier alpha value is -3.57. The monoisotopic (exact) mass is 419 g/mol. The number of rotatable bonds is 6. The van der Waals surface area contributed by atoms with Crippen molar-refractivity contribution >= 4 is 29.5 Å². The number of aliphatic imine (C=N–C) groups is 1. The highest BCUT2D eigenvalue weighted by molar-refractivity contribution is 6.34. The van der Waals surface area contributed by atoms with Crippen LogP contribution in [-0.2, 0) is 16.1 Å². The van der Waals surface area contributed by atoms with Gasteiger partial charge >= 0.3 is 5.97 Å². The molecule has 1 aliphatic heterocycles. The van der Waals surface area contributed by atoms with Gasteiger partial charge in [0.15, 0.2) is 17.2 Å². The van der Waals surface area contributed by atoms with Crippen molar-refractivity contribution in [1.82, 2.24) is 0 Å². The lowest BCUT2D eigenvalue weighted by molar-refractivity contribution is -0.129. The maximum Gasteiger partial charge on any atom is 0.363 e. The van der Waals surface area contributed by atoms with Crippen molar-refractivity contribution in [2.75, 3.05) is 7.11 Å². The minimum absolute atomic E-state index is 0.155. The Bertz CT molecular complexity index is 1140. The van der Waals surface area contributed by atoms with Crippen molar-refractivity contribution in [3.63, 3.8) is 0 Å². The largest absolute Gasteiger partial charge is 0.493 e. The van der Waals surface area contributed by atoms with E-state index in [4.69, 9.17) is 25.8 Å². The minimum atomic E-state index is -0.554. The molecule has 0 aliphatic carbocycles. The van der Waals surface area contributed by atoms with Gasteiger partial charge in [-0.2, -0.15) is 0 Å². The molecular weight excluding hydrogens is 402 g/mol. The number of benzene rings is 3. The molecule has 0 fully saturated rings. The first-order valence-corrected chi connectivity index (χ1v) is 9.64. The Kier molecular flexibility index (Phi) is 5.82. The molecule has 4 rings (SSSR count). The quantitative estimate of drug-likeness (QED) is 0.403. The Morgan fingerprint density at radius 2 is 1.77 bits per heavy atom. The zero-order valence-electron chi connectivity index (χ0n) is 16.2. The van der Waals surface area contributed by atoms with Crippen LogP contribution in [0.25, 0.3) is 6.08 Å². The Morgan fingerprint density at radius 3 is 2.53 bits per heavy atom. The van der Waals surface area contributed by atoms with E-state index in [0.717, 1.165) is 5.56 Å². The molecule has 3 aromatic carbocycles. The number of halogens is 1. The van der Waals surface area contributed by atoms with Gasteiger partial charge in [-0.1, -0.05) is 66.2 Å². The highest BCUT2D eigenvalue weighted by atomic mass is 35.5. The Balaban J connectivity index is 1.67. The average Bonchev–Trinajstić information content (AvgIpc) is 3.13. The number of hydrogen-bond acceptors (Lipinski definition) is 5. The fourth-order valence-electron chi connectivity index (χ4n) is 3.00. The smallest absolute Gasteiger partial charge is 0.363 e. The lowest BCUT2D eigenvalue weighted by atomic mass is 10.1. The first-order chi connectivity index (χ1) is 14.7. The van der Waals surface area contributed by atoms with Gasteiger partial charge in [-0.3, -0.25) is 0 Å². The van der Waals surface area contributed by atoms with Gasteiger partial charge in [-0.05, 0) is 29.8 Å². The summed E-state index contributed by atoms with van der Waals surface area (Å²) in [6.45, 7) is 0.357. The third-order valence-electron chi connectivity index (χ3n) is 4.47. The number of para-hydroxylation sites is 1. The third kappa shape index (κ3) is 4.21. The van der Waals surface area contributed by atoms with Gasteiger partial charge in [0.25, 0.3) is 0 Å². The number of nitrogens with zero attached hydrogens (tertiary/aromatic N) is 1. The summed E-state index contributed by atoms with van der Waals surface area (Å²) in [6, 6.07) is 22.3. The van der Waals surface area contributed by atoms with Gasteiger partial charge < -0.3 is 14.2 Å². The summed E-state index contributed by atoms with van der Waals surface area (Å²) in [5.41, 5.74) is 2.38. The maximum absolute atomic E-state index is 12.4. The number of carbonyl (C=O) groups is 1. The Labute approximate surface area is 179 Å². The molecule has 0 spiro atoms. The lowest BCUT2D eigenvalue weighted by Gasteiger charge is -2.13. The third-order valence-corrected chi connectivity index (χ3v) is 4.80. The number of carbonyl (C=O) groups excluding carboxylic acids is 1. The fourth-order valence-corrected chi connectivity index (χ4v) is 3.21. The SMILES string of the molecule is COc1cccc(/C=C2\N=C(c3ccccc3Cl)OC2=O)c1OCc1ccccc1. The molecule has 6 heteroatoms. The second-order valence-corrected chi connectivity index (χ2v) is 6.88. The maximum atomic E-state index is 12.4. The lowest BCUT2D eigenvalue weighted by Crippen LogP contribution is -2.05. The molecule has 0 saturated carbocycles. The first kappa shape index (κ1) is 19.7. The van der Waals surface area contributed by atoms with Crippen LogP contribution in [0.4, 0.5) is 0 Å². The number of cyclic esters (lactones) is 1. The van der Waals surface area contributed by atoms with E-state index < -0.39 is 5.97 Å². The highest BCUT2D eigenvalue weighted by Gasteiger charge is 2.26. The van der Waals surface area contributed by atoms with Gasteiger partial charge in [-0.25, -0.2) is 9.79 Å². The Morgan fingerprint density at radius 1 is 1.00 bits per heavy atom. The summed E-state index contributed by atoms with van der Waals surface area (Å²) >= 11 is 6.20. The standard InChI is InChI=1S/C24H18ClNO4/c1-28-21-13-7-10-17(22(21)29-15-16-8-3-2-4-9-16)14-20-24(27)30-23(26-20)18-11-5-6-12-19(18)25/h2-14H,15H2,1H3/b20-14-. The molecule has 30 heavy (non-hydrogen) atoms. The average molecular weight is 420 g/mol. The summed E-state index contributed by atoms with van der Waals surface area (Å²) < 4.78 is 16.8. The number of ether oxygens (including phenoxy) is 3. The van der Waals surface area contributed by atoms with E-state index in [1.807, 2.05) is 42.5 Å². The molecule has 0 atom stereocenters. The van der Waals surface area contributed by atoms with Gasteiger partial charge in [0, 0.05) is 5.56 Å². The molecule has 0 bridgehead atoms. The van der Waals surface area contributed by atoms with Crippen LogP contribution >= 0.6 is 11.6 Å². The van der Waals surface area contributed by atoms with Crippen molar-refractivity contribution in [3.05, 3.63) is 100 Å². The van der Waals surface area contributed by atoms with E-state index >= 15 is 0 Å². The molecule has 1 heterocycles. The van der Waals surface area contributed by atoms with Crippen LogP contribution < -0.4 is 9.47 Å². The highest BCUT2D eigenvalue weighted by Crippen LogP contribution is 2.34. The molecule has 5 nitrogen and oxygen atoms in total. The van der Waals surface area contributed by atoms with Crippen molar-refractivity contribution in [2.45, 2.75) is 6.61 Å². The van der Waals surface area contributed by atoms with Crippen molar-refractivity contribution < 1.29 is 19.0 Å². The van der Waals surface area contributed by atoms with Crippen LogP contribution in [0, 0.1) is 0 Å². The van der Waals surface area contributed by atoms with Crippen LogP contribution in [-0.4, -0.2) is 19.0 Å². The molecule has 150 valence electrons. The second-order valence-electron chi connectivity index (χ2n) is 6.47. The van der Waals surface area contributed by atoms with E-state index in [0.29, 0.717) is 34.3 Å². The summed E-state index contributed by atoms with van der Waals surface area (Å²) in [7, 11) is 1.57. The van der Waals surface area contributed by atoms with E-state index in [9.17, 15) is 4.79 Å². The molecular formula is C24H18ClNO4. The zero-order valence-corrected chi connectivity index (χ0v) is 16.9. The molecule has 0 amide bonds. The number of hydrogen-bond donors (Lipinski definition) is 0. The van der Waals surface area contributed by atoms with Crippen LogP contribution in [0.2, 0.25) is 5.02 Å². The van der Waals surface area contributed by atoms with E-state index in [1.54, 1.807) is 43.5 Å². The molecule has 0 unspecified atom stereocenters. The van der Waals surface area contributed by atoms with Gasteiger partial charge in [0.1, 0.15) is 6.61 Å². The second kappa shape index (κ2) is 8.84. The van der Waals surface area contributed by atoms with E-state index in [2.05, 4.69) is 4.99 Å². The number of esters is 1. The van der Waals surface area contributed by atoms with Crippen molar-refractivity contribution in [2.24, 2.45) is 4.99 Å². The van der Waals surface area contributed by atoms with Crippen LogP contribution in [0.5, 0.6) is 11.5 Å². The van der Waals surface area contributed by atoms with Crippen molar-refractivity contribution in [3.8, 4) is 11.5 Å². The van der Waals surface area contributed by atoms with Gasteiger partial charge in [-0.15, -0.1) is 0 Å². The molecule has 0 N–H and O–H groups in total. The fraction of sp³-hybridized carbons (Fsp3) is 0.0833. The summed E-state index contributed by atoms with van der Waals surface area (Å²) in [4.78, 5) is 16.7. The number of methoxy groups -OCH3 is 1. The topological polar surface area (TPSA) is 57.1 Å². The van der Waals surface area contributed by atoms with Crippen LogP contribution in [0.15, 0.2) is 83.5 Å². The summed E-state index contributed by atoms with van der Waals surface area (Å²) in [5, 5.41) is 0.457. The molecule has 1 aliphatic rings. The predicted molar refractivity (Wildman–Crippen MR) is 116 cm³/mol. The molecule has 3 aromatic rings. The molecule has 0 radical (unpaired) electrons. The first-order valence-electron chi connectivity index (χ1n) is 9.27. The van der Waals surface area contributed by atoms with Crippen LogP contribution in [0.1, 0.15) is 16.7 Å². The van der Waals surface area contributed by atoms with Crippen molar-refractivity contribution in [1.29, 1.82) is 0 Å². The normalized spacial score (nSPS) is 14.4. The zero-order chi connectivity index (χ0) is 20.9. The van der Waals surface area contributed by atoms with Gasteiger partial charge in [0.2, 0.25) is 5.90 Å². The summed E-state index contributed by atoms with van der Waals surface area (Å²) in [6.07, 6.45) is 1.62.